The van der Waals surface area contributed by atoms with Gasteiger partial charge in [-0.25, -0.2) is 4.39 Å². The number of halogens is 1. The lowest BCUT2D eigenvalue weighted by atomic mass is 10.0. The van der Waals surface area contributed by atoms with E-state index in [9.17, 15) is 14.3 Å². The zero-order valence-corrected chi connectivity index (χ0v) is 20.1. The Labute approximate surface area is 199 Å². The lowest BCUT2D eigenvalue weighted by Crippen LogP contribution is -2.48. The first-order chi connectivity index (χ1) is 15.9. The standard InChI is InChI=1S/C25H33FN2O4S/c1-4-11-27(14-20(29)16-31-18(2)3)15-25(30)28-12-9-24-22(10-13-33-24)23(28)17-32-21-7-5-19(26)6-8-21/h4-8,10,13,18,20,23,29H,1,9,11-12,14-17H2,2-3H3. The molecule has 1 amide bonds. The molecule has 0 radical (unpaired) electrons. The zero-order chi connectivity index (χ0) is 23.8. The maximum absolute atomic E-state index is 13.4. The van der Waals surface area contributed by atoms with E-state index >= 15 is 0 Å². The van der Waals surface area contributed by atoms with Gasteiger partial charge in [-0.2, -0.15) is 0 Å². The number of ether oxygens (including phenoxy) is 2. The van der Waals surface area contributed by atoms with E-state index in [1.165, 1.54) is 17.0 Å². The molecule has 3 rings (SSSR count). The molecule has 180 valence electrons. The number of aliphatic hydroxyl groups is 1. The van der Waals surface area contributed by atoms with Crippen molar-refractivity contribution in [3.8, 4) is 5.75 Å². The molecule has 1 aromatic heterocycles. The molecule has 1 aromatic carbocycles. The highest BCUT2D eigenvalue weighted by molar-refractivity contribution is 7.10. The van der Waals surface area contributed by atoms with Crippen LogP contribution in [0, 0.1) is 5.82 Å². The molecular formula is C25H33FN2O4S. The fourth-order valence-corrected chi connectivity index (χ4v) is 4.83. The number of carbonyl (C=O) groups is 1. The summed E-state index contributed by atoms with van der Waals surface area (Å²) in [6, 6.07) is 7.72. The van der Waals surface area contributed by atoms with Crippen LogP contribution in [-0.4, -0.2) is 72.4 Å². The van der Waals surface area contributed by atoms with Crippen molar-refractivity contribution in [2.45, 2.75) is 38.5 Å². The summed E-state index contributed by atoms with van der Waals surface area (Å²) in [7, 11) is 0. The average Bonchev–Trinajstić information content (AvgIpc) is 3.26. The molecule has 2 heterocycles. The van der Waals surface area contributed by atoms with Gasteiger partial charge < -0.3 is 19.5 Å². The van der Waals surface area contributed by atoms with E-state index in [2.05, 4.69) is 6.58 Å². The van der Waals surface area contributed by atoms with E-state index < -0.39 is 6.10 Å². The minimum Gasteiger partial charge on any atom is -0.491 e. The van der Waals surface area contributed by atoms with E-state index in [0.29, 0.717) is 25.4 Å². The molecule has 2 unspecified atom stereocenters. The number of benzene rings is 1. The van der Waals surface area contributed by atoms with Crippen molar-refractivity contribution in [1.82, 2.24) is 9.80 Å². The Bertz CT molecular complexity index is 902. The summed E-state index contributed by atoms with van der Waals surface area (Å²) in [6.45, 7) is 9.69. The minimum atomic E-state index is -0.692. The van der Waals surface area contributed by atoms with Crippen LogP contribution < -0.4 is 4.74 Å². The highest BCUT2D eigenvalue weighted by atomic mass is 32.1. The molecule has 2 aromatic rings. The van der Waals surface area contributed by atoms with Gasteiger partial charge in [0.2, 0.25) is 5.91 Å². The summed E-state index contributed by atoms with van der Waals surface area (Å²) in [5.74, 6) is 0.214. The van der Waals surface area contributed by atoms with Crippen LogP contribution in [0.3, 0.4) is 0 Å². The maximum atomic E-state index is 13.4. The molecule has 1 N–H and O–H groups in total. The Balaban J connectivity index is 1.67. The number of aliphatic hydroxyl groups excluding tert-OH is 1. The third-order valence-corrected chi connectivity index (χ3v) is 6.47. The van der Waals surface area contributed by atoms with Crippen molar-refractivity contribution in [2.75, 3.05) is 39.4 Å². The Hall–Kier alpha value is -2.26. The van der Waals surface area contributed by atoms with Gasteiger partial charge in [0.1, 0.15) is 18.2 Å². The number of fused-ring (bicyclic) bond motifs is 1. The topological polar surface area (TPSA) is 62.2 Å². The lowest BCUT2D eigenvalue weighted by molar-refractivity contribution is -0.136. The molecule has 2 atom stereocenters. The SMILES string of the molecule is C=CCN(CC(=O)N1CCc2sccc2C1COc1ccc(F)cc1)CC(O)COC(C)C. The molecular weight excluding hydrogens is 443 g/mol. The molecule has 1 aliphatic rings. The summed E-state index contributed by atoms with van der Waals surface area (Å²) in [5, 5.41) is 12.4. The van der Waals surface area contributed by atoms with Crippen molar-refractivity contribution in [3.05, 3.63) is 64.6 Å². The van der Waals surface area contributed by atoms with Crippen molar-refractivity contribution >= 4 is 17.2 Å². The van der Waals surface area contributed by atoms with E-state index in [1.807, 2.05) is 35.1 Å². The molecule has 6 nitrogen and oxygen atoms in total. The number of thiophene rings is 1. The number of nitrogens with zero attached hydrogens (tertiary/aromatic N) is 2. The fourth-order valence-electron chi connectivity index (χ4n) is 3.90. The minimum absolute atomic E-state index is 0.0293. The number of hydrogen-bond donors (Lipinski definition) is 1. The van der Waals surface area contributed by atoms with Crippen LogP contribution in [0.15, 0.2) is 48.4 Å². The third kappa shape index (κ3) is 7.37. The molecule has 0 fully saturated rings. The third-order valence-electron chi connectivity index (χ3n) is 5.47. The summed E-state index contributed by atoms with van der Waals surface area (Å²) >= 11 is 1.69. The smallest absolute Gasteiger partial charge is 0.237 e. The van der Waals surface area contributed by atoms with Crippen LogP contribution in [-0.2, 0) is 16.0 Å². The van der Waals surface area contributed by atoms with Gasteiger partial charge in [-0.05, 0) is 61.5 Å². The van der Waals surface area contributed by atoms with Gasteiger partial charge in [-0.15, -0.1) is 17.9 Å². The van der Waals surface area contributed by atoms with E-state index in [0.717, 1.165) is 12.0 Å². The van der Waals surface area contributed by atoms with E-state index in [1.54, 1.807) is 29.5 Å². The second-order valence-corrected chi connectivity index (χ2v) is 9.44. The molecule has 0 saturated carbocycles. The monoisotopic (exact) mass is 476 g/mol. The van der Waals surface area contributed by atoms with E-state index in [4.69, 9.17) is 9.47 Å². The van der Waals surface area contributed by atoms with Gasteiger partial charge in [0, 0.05) is 24.5 Å². The average molecular weight is 477 g/mol. The van der Waals surface area contributed by atoms with Gasteiger partial charge in [-0.1, -0.05) is 6.08 Å². The Morgan fingerprint density at radius 2 is 2.12 bits per heavy atom. The first-order valence-corrected chi connectivity index (χ1v) is 12.1. The predicted octanol–water partition coefficient (Wildman–Crippen LogP) is 3.67. The molecule has 0 bridgehead atoms. The van der Waals surface area contributed by atoms with Crippen molar-refractivity contribution < 1.29 is 23.8 Å². The number of rotatable bonds is 12. The van der Waals surface area contributed by atoms with Crippen LogP contribution in [0.25, 0.3) is 0 Å². The first-order valence-electron chi connectivity index (χ1n) is 11.2. The molecule has 8 heteroatoms. The van der Waals surface area contributed by atoms with Crippen LogP contribution in [0.1, 0.15) is 30.3 Å². The van der Waals surface area contributed by atoms with Gasteiger partial charge in [0.25, 0.3) is 0 Å². The van der Waals surface area contributed by atoms with Gasteiger partial charge in [0.05, 0.1) is 31.4 Å². The van der Waals surface area contributed by atoms with E-state index in [-0.39, 0.29) is 43.6 Å². The summed E-state index contributed by atoms with van der Waals surface area (Å²) in [5.41, 5.74) is 1.10. The van der Waals surface area contributed by atoms with Crippen molar-refractivity contribution in [2.24, 2.45) is 0 Å². The number of amides is 1. The van der Waals surface area contributed by atoms with Gasteiger partial charge in [-0.3, -0.25) is 9.69 Å². The number of hydrogen-bond acceptors (Lipinski definition) is 6. The lowest BCUT2D eigenvalue weighted by Gasteiger charge is -2.37. The first kappa shape index (κ1) is 25.4. The fraction of sp³-hybridized carbons (Fsp3) is 0.480. The van der Waals surface area contributed by atoms with Gasteiger partial charge in [0.15, 0.2) is 0 Å². The maximum Gasteiger partial charge on any atom is 0.237 e. The number of carbonyl (C=O) groups excluding carboxylic acids is 1. The molecule has 0 saturated heterocycles. The van der Waals surface area contributed by atoms with Crippen LogP contribution >= 0.6 is 11.3 Å². The zero-order valence-electron chi connectivity index (χ0n) is 19.3. The van der Waals surface area contributed by atoms with Crippen LogP contribution in [0.2, 0.25) is 0 Å². The highest BCUT2D eigenvalue weighted by Gasteiger charge is 2.33. The second-order valence-electron chi connectivity index (χ2n) is 8.44. The Morgan fingerprint density at radius 3 is 2.82 bits per heavy atom. The molecule has 0 aliphatic carbocycles. The largest absolute Gasteiger partial charge is 0.491 e. The molecule has 0 spiro atoms. The second kappa shape index (κ2) is 12.3. The Kier molecular flexibility index (Phi) is 9.43. The summed E-state index contributed by atoms with van der Waals surface area (Å²) in [6.07, 6.45) is 1.87. The predicted molar refractivity (Wildman–Crippen MR) is 128 cm³/mol. The summed E-state index contributed by atoms with van der Waals surface area (Å²) in [4.78, 5) is 18.4. The van der Waals surface area contributed by atoms with Crippen LogP contribution in [0.4, 0.5) is 4.39 Å². The summed E-state index contributed by atoms with van der Waals surface area (Å²) < 4.78 is 24.7. The van der Waals surface area contributed by atoms with Crippen molar-refractivity contribution in [3.63, 3.8) is 0 Å². The normalized spacial score (nSPS) is 16.7. The van der Waals surface area contributed by atoms with Gasteiger partial charge >= 0.3 is 0 Å². The van der Waals surface area contributed by atoms with Crippen molar-refractivity contribution in [1.29, 1.82) is 0 Å². The van der Waals surface area contributed by atoms with Crippen LogP contribution in [0.5, 0.6) is 5.75 Å². The molecule has 33 heavy (non-hydrogen) atoms. The molecule has 1 aliphatic heterocycles. The Morgan fingerprint density at radius 1 is 1.36 bits per heavy atom. The quantitative estimate of drug-likeness (QED) is 0.474. The highest BCUT2D eigenvalue weighted by Crippen LogP contribution is 2.34.